The van der Waals surface area contributed by atoms with Crippen LogP contribution in [0.5, 0.6) is 5.75 Å². The van der Waals surface area contributed by atoms with Crippen molar-refractivity contribution in [2.75, 3.05) is 53.5 Å². The molecule has 0 aromatic heterocycles. The number of rotatable bonds is 7. The van der Waals surface area contributed by atoms with Crippen LogP contribution in [0.4, 0.5) is 0 Å². The molecule has 10 heteroatoms. The average Bonchev–Trinajstić information content (AvgIpc) is 2.78. The van der Waals surface area contributed by atoms with Gasteiger partial charge in [-0.3, -0.25) is 9.59 Å². The summed E-state index contributed by atoms with van der Waals surface area (Å²) >= 11 is 0. The van der Waals surface area contributed by atoms with Crippen molar-refractivity contribution < 1.29 is 27.5 Å². The second kappa shape index (κ2) is 9.76. The highest BCUT2D eigenvalue weighted by Crippen LogP contribution is 2.24. The number of esters is 1. The first-order chi connectivity index (χ1) is 14.4. The number of amides is 1. The molecule has 2 fully saturated rings. The Hall–Kier alpha value is -2.17. The summed E-state index contributed by atoms with van der Waals surface area (Å²) in [6.07, 6.45) is 3.51. The molecule has 166 valence electrons. The standard InChI is InChI=1S/C20H29N3O6S/c1-28-16-6-8-17(9-7-16)30(26,27)23-15-19(24)22(14-18(23)20(25)29-2)13-12-21-10-4-3-5-11-21/h6-9,18H,3-5,10-15H2,1-2H3. The molecule has 2 aliphatic rings. The summed E-state index contributed by atoms with van der Waals surface area (Å²) in [6, 6.07) is 4.76. The number of nitrogens with zero attached hydrogens (tertiary/aromatic N) is 3. The fourth-order valence-corrected chi connectivity index (χ4v) is 5.39. The number of carbonyl (C=O) groups excluding carboxylic acids is 2. The van der Waals surface area contributed by atoms with E-state index < -0.39 is 28.6 Å². The van der Waals surface area contributed by atoms with Gasteiger partial charge < -0.3 is 19.3 Å². The first-order valence-corrected chi connectivity index (χ1v) is 11.5. The highest BCUT2D eigenvalue weighted by atomic mass is 32.2. The average molecular weight is 440 g/mol. The van der Waals surface area contributed by atoms with E-state index in [2.05, 4.69) is 4.90 Å². The van der Waals surface area contributed by atoms with Crippen molar-refractivity contribution in [3.05, 3.63) is 24.3 Å². The van der Waals surface area contributed by atoms with Gasteiger partial charge in [-0.05, 0) is 50.2 Å². The Balaban J connectivity index is 1.77. The summed E-state index contributed by atoms with van der Waals surface area (Å²) in [5.74, 6) is -0.483. The lowest BCUT2D eigenvalue weighted by Gasteiger charge is -2.39. The van der Waals surface area contributed by atoms with E-state index in [-0.39, 0.29) is 17.3 Å². The zero-order valence-electron chi connectivity index (χ0n) is 17.5. The molecule has 9 nitrogen and oxygen atoms in total. The Morgan fingerprint density at radius 3 is 2.33 bits per heavy atom. The van der Waals surface area contributed by atoms with E-state index in [1.807, 2.05) is 0 Å². The number of likely N-dealkylation sites (tertiary alicyclic amines) is 1. The zero-order chi connectivity index (χ0) is 21.7. The Labute approximate surface area is 177 Å². The first kappa shape index (κ1) is 22.5. The molecule has 3 rings (SSSR count). The van der Waals surface area contributed by atoms with Gasteiger partial charge in [0.15, 0.2) is 0 Å². The smallest absolute Gasteiger partial charge is 0.326 e. The molecule has 1 aromatic rings. The van der Waals surface area contributed by atoms with Crippen LogP contribution in [0.1, 0.15) is 19.3 Å². The quantitative estimate of drug-likeness (QED) is 0.573. The number of sulfonamides is 1. The van der Waals surface area contributed by atoms with Gasteiger partial charge >= 0.3 is 5.97 Å². The molecule has 1 unspecified atom stereocenters. The first-order valence-electron chi connectivity index (χ1n) is 10.1. The summed E-state index contributed by atoms with van der Waals surface area (Å²) in [4.78, 5) is 29.0. The minimum absolute atomic E-state index is 0.00762. The van der Waals surface area contributed by atoms with Crippen LogP contribution in [-0.2, 0) is 24.3 Å². The van der Waals surface area contributed by atoms with Gasteiger partial charge in [0.25, 0.3) is 0 Å². The second-order valence-electron chi connectivity index (χ2n) is 7.51. The largest absolute Gasteiger partial charge is 0.497 e. The van der Waals surface area contributed by atoms with Crippen molar-refractivity contribution in [3.63, 3.8) is 0 Å². The van der Waals surface area contributed by atoms with E-state index in [1.54, 1.807) is 4.90 Å². The fourth-order valence-electron chi connectivity index (χ4n) is 3.87. The van der Waals surface area contributed by atoms with Crippen LogP contribution in [0, 0.1) is 0 Å². The van der Waals surface area contributed by atoms with Crippen LogP contribution in [-0.4, -0.2) is 93.9 Å². The number of benzene rings is 1. The molecule has 30 heavy (non-hydrogen) atoms. The lowest BCUT2D eigenvalue weighted by atomic mass is 10.1. The number of hydrogen-bond acceptors (Lipinski definition) is 7. The summed E-state index contributed by atoms with van der Waals surface area (Å²) in [5, 5.41) is 0. The van der Waals surface area contributed by atoms with Crippen molar-refractivity contribution in [1.29, 1.82) is 0 Å². The number of methoxy groups -OCH3 is 2. The Morgan fingerprint density at radius 1 is 1.07 bits per heavy atom. The predicted octanol–water partition coefficient (Wildman–Crippen LogP) is 0.556. The molecular formula is C20H29N3O6S. The maximum atomic E-state index is 13.2. The SMILES string of the molecule is COC(=O)C1CN(CCN2CCCCC2)C(=O)CN1S(=O)(=O)c1ccc(OC)cc1. The molecule has 0 saturated carbocycles. The van der Waals surface area contributed by atoms with E-state index in [0.717, 1.165) is 30.2 Å². The summed E-state index contributed by atoms with van der Waals surface area (Å²) in [6.45, 7) is 2.76. The number of hydrogen-bond donors (Lipinski definition) is 0. The third-order valence-corrected chi connectivity index (χ3v) is 7.53. The molecule has 2 aliphatic heterocycles. The van der Waals surface area contributed by atoms with Crippen molar-refractivity contribution in [3.8, 4) is 5.75 Å². The normalized spacial score (nSPS) is 21.5. The van der Waals surface area contributed by atoms with Crippen molar-refractivity contribution >= 4 is 21.9 Å². The summed E-state index contributed by atoms with van der Waals surface area (Å²) in [5.41, 5.74) is 0. The number of ether oxygens (including phenoxy) is 2. The van der Waals surface area contributed by atoms with Crippen molar-refractivity contribution in [1.82, 2.24) is 14.1 Å². The third-order valence-electron chi connectivity index (χ3n) is 5.66. The Bertz CT molecular complexity index is 852. The maximum absolute atomic E-state index is 13.2. The predicted molar refractivity (Wildman–Crippen MR) is 110 cm³/mol. The maximum Gasteiger partial charge on any atom is 0.326 e. The molecule has 1 aromatic carbocycles. The summed E-state index contributed by atoms with van der Waals surface area (Å²) < 4.78 is 37.2. The van der Waals surface area contributed by atoms with Gasteiger partial charge in [0.2, 0.25) is 15.9 Å². The zero-order valence-corrected chi connectivity index (χ0v) is 18.3. The molecule has 0 bridgehead atoms. The van der Waals surface area contributed by atoms with Gasteiger partial charge in [0.05, 0.1) is 25.7 Å². The fraction of sp³-hybridized carbons (Fsp3) is 0.600. The van der Waals surface area contributed by atoms with Crippen LogP contribution in [0.25, 0.3) is 0 Å². The molecule has 0 N–H and O–H groups in total. The molecule has 2 heterocycles. The number of carbonyl (C=O) groups is 2. The van der Waals surface area contributed by atoms with Crippen LogP contribution in [0.3, 0.4) is 0 Å². The van der Waals surface area contributed by atoms with Crippen molar-refractivity contribution in [2.24, 2.45) is 0 Å². The van der Waals surface area contributed by atoms with Crippen LogP contribution < -0.4 is 4.74 Å². The van der Waals surface area contributed by atoms with E-state index in [9.17, 15) is 18.0 Å². The Kier molecular flexibility index (Phi) is 7.32. The van der Waals surface area contributed by atoms with E-state index in [1.165, 1.54) is 44.9 Å². The molecule has 0 spiro atoms. The Morgan fingerprint density at radius 2 is 1.73 bits per heavy atom. The van der Waals surface area contributed by atoms with Gasteiger partial charge in [0.1, 0.15) is 11.8 Å². The monoisotopic (exact) mass is 439 g/mol. The summed E-state index contributed by atoms with van der Waals surface area (Å²) in [7, 11) is -1.36. The number of piperazine rings is 1. The minimum Gasteiger partial charge on any atom is -0.497 e. The highest BCUT2D eigenvalue weighted by Gasteiger charge is 2.44. The molecule has 0 aliphatic carbocycles. The van der Waals surface area contributed by atoms with Gasteiger partial charge in [-0.15, -0.1) is 0 Å². The van der Waals surface area contributed by atoms with Crippen LogP contribution >= 0.6 is 0 Å². The van der Waals surface area contributed by atoms with Gasteiger partial charge in [-0.1, -0.05) is 6.42 Å². The third kappa shape index (κ3) is 4.93. The van der Waals surface area contributed by atoms with Crippen LogP contribution in [0.15, 0.2) is 29.2 Å². The molecule has 1 atom stereocenters. The van der Waals surface area contributed by atoms with E-state index in [4.69, 9.17) is 9.47 Å². The highest BCUT2D eigenvalue weighted by molar-refractivity contribution is 7.89. The lowest BCUT2D eigenvalue weighted by Crippen LogP contribution is -2.61. The molecule has 0 radical (unpaired) electrons. The minimum atomic E-state index is -4.06. The lowest BCUT2D eigenvalue weighted by molar-refractivity contribution is -0.151. The topological polar surface area (TPSA) is 96.5 Å². The van der Waals surface area contributed by atoms with Gasteiger partial charge in [0, 0.05) is 19.6 Å². The molecular weight excluding hydrogens is 410 g/mol. The van der Waals surface area contributed by atoms with E-state index in [0.29, 0.717) is 18.8 Å². The van der Waals surface area contributed by atoms with E-state index >= 15 is 0 Å². The van der Waals surface area contributed by atoms with Crippen molar-refractivity contribution in [2.45, 2.75) is 30.2 Å². The second-order valence-corrected chi connectivity index (χ2v) is 9.40. The molecule has 2 saturated heterocycles. The van der Waals surface area contributed by atoms with Gasteiger partial charge in [-0.25, -0.2) is 8.42 Å². The van der Waals surface area contributed by atoms with Gasteiger partial charge in [-0.2, -0.15) is 4.31 Å². The number of piperidine rings is 1. The molecule has 1 amide bonds. The van der Waals surface area contributed by atoms with Crippen LogP contribution in [0.2, 0.25) is 0 Å².